The Hall–Kier alpha value is -3.61. The van der Waals surface area contributed by atoms with Crippen molar-refractivity contribution in [1.29, 1.82) is 0 Å². The fourth-order valence-corrected chi connectivity index (χ4v) is 6.31. The monoisotopic (exact) mass is 521 g/mol. The van der Waals surface area contributed by atoms with E-state index in [-0.39, 0.29) is 42.7 Å². The van der Waals surface area contributed by atoms with Crippen LogP contribution >= 0.6 is 0 Å². The molecule has 2 unspecified atom stereocenters. The summed E-state index contributed by atoms with van der Waals surface area (Å²) in [5.41, 5.74) is 4.83. The van der Waals surface area contributed by atoms with E-state index in [1.807, 2.05) is 35.2 Å². The molecule has 3 nitrogen and oxygen atoms in total. The molecule has 0 N–H and O–H groups in total. The van der Waals surface area contributed by atoms with Gasteiger partial charge in [0.25, 0.3) is 0 Å². The highest BCUT2D eigenvalue weighted by Gasteiger charge is 2.39. The Morgan fingerprint density at radius 3 is 2.26 bits per heavy atom. The topological polar surface area (TPSA) is 29.5 Å². The Morgan fingerprint density at radius 2 is 1.63 bits per heavy atom. The molecule has 0 spiro atoms. The number of hydrogen-bond donors (Lipinski definition) is 0. The van der Waals surface area contributed by atoms with Crippen molar-refractivity contribution in [2.24, 2.45) is 0 Å². The predicted octanol–water partition coefficient (Wildman–Crippen LogP) is 7.89. The molecule has 2 atom stereocenters. The third-order valence-electron chi connectivity index (χ3n) is 8.06. The van der Waals surface area contributed by atoms with E-state index in [2.05, 4.69) is 24.3 Å². The molecule has 3 aliphatic rings. The highest BCUT2D eigenvalue weighted by molar-refractivity contribution is 5.79. The number of halogens is 4. The van der Waals surface area contributed by atoms with Crippen LogP contribution in [-0.2, 0) is 17.3 Å². The lowest BCUT2D eigenvalue weighted by Gasteiger charge is -2.44. The summed E-state index contributed by atoms with van der Waals surface area (Å²) in [6, 6.07) is 18.8. The second kappa shape index (κ2) is 9.61. The van der Waals surface area contributed by atoms with E-state index >= 15 is 0 Å². The molecule has 0 radical (unpaired) electrons. The maximum Gasteiger partial charge on any atom is 0.416 e. The first-order chi connectivity index (χ1) is 18.3. The number of alkyl halides is 3. The number of ether oxygens (including phenoxy) is 1. The van der Waals surface area contributed by atoms with Crippen LogP contribution in [0.1, 0.15) is 53.9 Å². The maximum atomic E-state index is 14.5. The van der Waals surface area contributed by atoms with Crippen LogP contribution in [0.15, 0.2) is 78.4 Å². The fraction of sp³-hybridized carbons (Fsp3) is 0.323. The van der Waals surface area contributed by atoms with Gasteiger partial charge in [-0.15, -0.1) is 0 Å². The predicted molar refractivity (Wildman–Crippen MR) is 136 cm³/mol. The minimum atomic E-state index is -4.58. The molecular weight excluding hydrogens is 494 g/mol. The Labute approximate surface area is 218 Å². The highest BCUT2D eigenvalue weighted by atomic mass is 19.4. The van der Waals surface area contributed by atoms with Crippen LogP contribution < -0.4 is 0 Å². The second-order valence-electron chi connectivity index (χ2n) is 10.4. The SMILES string of the molecule is O=C(OCC1c2ccccc2-c2ccccc21)N1C2C=C(Cc3ccc(C(F)(F)F)cc3F)CC1CCC2. The molecule has 0 aromatic heterocycles. The number of rotatable bonds is 4. The van der Waals surface area contributed by atoms with Crippen molar-refractivity contribution in [1.82, 2.24) is 4.90 Å². The van der Waals surface area contributed by atoms with Crippen molar-refractivity contribution in [3.8, 4) is 11.1 Å². The molecule has 2 bridgehead atoms. The van der Waals surface area contributed by atoms with E-state index in [1.54, 1.807) is 0 Å². The minimum absolute atomic E-state index is 0.0234. The lowest BCUT2D eigenvalue weighted by atomic mass is 9.83. The molecule has 2 aliphatic heterocycles. The van der Waals surface area contributed by atoms with Crippen LogP contribution in [0.25, 0.3) is 11.1 Å². The molecule has 3 aromatic rings. The first kappa shape index (κ1) is 24.7. The molecule has 2 heterocycles. The van der Waals surface area contributed by atoms with Crippen molar-refractivity contribution in [2.75, 3.05) is 6.61 Å². The number of piperidine rings is 1. The van der Waals surface area contributed by atoms with Crippen molar-refractivity contribution < 1.29 is 27.1 Å². The molecule has 38 heavy (non-hydrogen) atoms. The molecule has 196 valence electrons. The van der Waals surface area contributed by atoms with Gasteiger partial charge in [-0.25, -0.2) is 9.18 Å². The van der Waals surface area contributed by atoms with E-state index in [4.69, 9.17) is 4.74 Å². The van der Waals surface area contributed by atoms with Crippen molar-refractivity contribution in [3.63, 3.8) is 0 Å². The molecule has 6 rings (SSSR count). The summed E-state index contributed by atoms with van der Waals surface area (Å²) in [7, 11) is 0. The molecule has 1 fully saturated rings. The Kier molecular flexibility index (Phi) is 6.25. The van der Waals surface area contributed by atoms with E-state index in [9.17, 15) is 22.4 Å². The fourth-order valence-electron chi connectivity index (χ4n) is 6.31. The van der Waals surface area contributed by atoms with E-state index in [0.717, 1.165) is 42.0 Å². The number of carbonyl (C=O) groups is 1. The van der Waals surface area contributed by atoms with Gasteiger partial charge in [0.2, 0.25) is 0 Å². The van der Waals surface area contributed by atoms with Gasteiger partial charge in [0.05, 0.1) is 11.6 Å². The summed E-state index contributed by atoms with van der Waals surface area (Å²) in [5, 5.41) is 0. The average molecular weight is 522 g/mol. The molecule has 3 aromatic carbocycles. The molecule has 0 saturated carbocycles. The Morgan fingerprint density at radius 1 is 0.947 bits per heavy atom. The number of amides is 1. The van der Waals surface area contributed by atoms with Crippen molar-refractivity contribution in [3.05, 3.63) is 106 Å². The minimum Gasteiger partial charge on any atom is -0.448 e. The standard InChI is InChI=1S/C31H27F4NO2/c32-29-17-21(31(33,34)35)13-12-20(29)14-19-15-22-6-5-7-23(16-19)36(22)30(37)38-18-28-26-10-3-1-8-24(26)25-9-2-4-11-27(25)28/h1-4,8-13,15,17,22-23,28H,5-7,14,16,18H2. The zero-order valence-corrected chi connectivity index (χ0v) is 20.7. The van der Waals surface area contributed by atoms with Crippen LogP contribution in [-0.4, -0.2) is 29.7 Å². The van der Waals surface area contributed by atoms with Gasteiger partial charge in [0.1, 0.15) is 12.4 Å². The second-order valence-corrected chi connectivity index (χ2v) is 10.4. The summed E-state index contributed by atoms with van der Waals surface area (Å²) in [4.78, 5) is 15.2. The summed E-state index contributed by atoms with van der Waals surface area (Å²) >= 11 is 0. The van der Waals surface area contributed by atoms with Crippen LogP contribution in [0.5, 0.6) is 0 Å². The van der Waals surface area contributed by atoms with Crippen LogP contribution in [0.4, 0.5) is 22.4 Å². The first-order valence-electron chi connectivity index (χ1n) is 13.0. The Balaban J connectivity index is 1.17. The van der Waals surface area contributed by atoms with Gasteiger partial charge in [-0.1, -0.05) is 66.2 Å². The number of hydrogen-bond acceptors (Lipinski definition) is 2. The van der Waals surface area contributed by atoms with Crippen LogP contribution in [0.2, 0.25) is 0 Å². The smallest absolute Gasteiger partial charge is 0.416 e. The van der Waals surface area contributed by atoms with Gasteiger partial charge >= 0.3 is 12.3 Å². The quantitative estimate of drug-likeness (QED) is 0.258. The Bertz CT molecular complexity index is 1370. The molecule has 7 heteroatoms. The van der Waals surface area contributed by atoms with Gasteiger partial charge in [0.15, 0.2) is 0 Å². The number of nitrogens with zero attached hydrogens (tertiary/aromatic N) is 1. The molecule has 1 aliphatic carbocycles. The van der Waals surface area contributed by atoms with E-state index in [0.29, 0.717) is 12.5 Å². The lowest BCUT2D eigenvalue weighted by Crippen LogP contribution is -2.52. The number of benzene rings is 3. The highest BCUT2D eigenvalue weighted by Crippen LogP contribution is 2.45. The molecule has 1 saturated heterocycles. The van der Waals surface area contributed by atoms with Crippen LogP contribution in [0.3, 0.4) is 0 Å². The van der Waals surface area contributed by atoms with Gasteiger partial charge in [-0.3, -0.25) is 4.90 Å². The number of fused-ring (bicyclic) bond motifs is 5. The number of carbonyl (C=O) groups excluding carboxylic acids is 1. The molecule has 1 amide bonds. The summed E-state index contributed by atoms with van der Waals surface area (Å²) in [6.07, 6.45) is 0.404. The molecular formula is C31H27F4NO2. The largest absolute Gasteiger partial charge is 0.448 e. The average Bonchev–Trinajstić information content (AvgIpc) is 3.21. The third-order valence-corrected chi connectivity index (χ3v) is 8.06. The van der Waals surface area contributed by atoms with E-state index in [1.165, 1.54) is 17.2 Å². The lowest BCUT2D eigenvalue weighted by molar-refractivity contribution is -0.137. The zero-order chi connectivity index (χ0) is 26.4. The first-order valence-corrected chi connectivity index (χ1v) is 13.0. The van der Waals surface area contributed by atoms with Crippen molar-refractivity contribution >= 4 is 6.09 Å². The summed E-state index contributed by atoms with van der Waals surface area (Å²) < 4.78 is 59.1. The van der Waals surface area contributed by atoms with Gasteiger partial charge in [-0.05, 0) is 72.1 Å². The zero-order valence-electron chi connectivity index (χ0n) is 20.7. The van der Waals surface area contributed by atoms with Crippen molar-refractivity contribution in [2.45, 2.75) is 56.3 Å². The normalized spacial score (nSPS) is 20.5. The van der Waals surface area contributed by atoms with Gasteiger partial charge in [-0.2, -0.15) is 13.2 Å². The summed E-state index contributed by atoms with van der Waals surface area (Å²) in [5.74, 6) is -0.880. The van der Waals surface area contributed by atoms with Crippen LogP contribution in [0, 0.1) is 5.82 Å². The maximum absolute atomic E-state index is 14.5. The van der Waals surface area contributed by atoms with E-state index < -0.39 is 17.6 Å². The van der Waals surface area contributed by atoms with Gasteiger partial charge < -0.3 is 4.74 Å². The summed E-state index contributed by atoms with van der Waals surface area (Å²) in [6.45, 7) is 0.246. The van der Waals surface area contributed by atoms with Gasteiger partial charge in [0, 0.05) is 12.0 Å². The third kappa shape index (κ3) is 4.48.